The molecular formula is C14H23Cl2NO3S. The molecule has 0 atom stereocenters. The Bertz CT molecular complexity index is 452. The molecule has 7 heteroatoms. The summed E-state index contributed by atoms with van der Waals surface area (Å²) in [6.45, 7) is 6.08. The van der Waals surface area contributed by atoms with Crippen LogP contribution >= 0.6 is 34.7 Å². The van der Waals surface area contributed by atoms with Gasteiger partial charge < -0.3 is 9.47 Å². The van der Waals surface area contributed by atoms with E-state index in [0.29, 0.717) is 30.5 Å². The molecule has 1 rings (SSSR count). The fourth-order valence-corrected chi connectivity index (χ4v) is 2.99. The number of aryl methyl sites for hydroxylation is 1. The van der Waals surface area contributed by atoms with Crippen LogP contribution in [0.25, 0.3) is 0 Å². The normalized spacial score (nSPS) is 11.5. The molecule has 4 nitrogen and oxygen atoms in total. The summed E-state index contributed by atoms with van der Waals surface area (Å²) in [7, 11) is 0. The van der Waals surface area contributed by atoms with Crippen molar-refractivity contribution in [3.05, 3.63) is 19.7 Å². The summed E-state index contributed by atoms with van der Waals surface area (Å²) in [6.07, 6.45) is 4.50. The standard InChI is InChI=1S/C14H23Cl2NO3S/c1-3-5-9-19-11(20-10-6-4-2)7-8-17-14(18)12(15)13(16)21-17/h11H,3-10H2,1-2H3. The fourth-order valence-electron chi connectivity index (χ4n) is 1.67. The van der Waals surface area contributed by atoms with Crippen molar-refractivity contribution in [2.75, 3.05) is 13.2 Å². The number of ether oxygens (including phenoxy) is 2. The first-order valence-electron chi connectivity index (χ1n) is 7.38. The van der Waals surface area contributed by atoms with Gasteiger partial charge in [0.2, 0.25) is 0 Å². The van der Waals surface area contributed by atoms with Gasteiger partial charge in [-0.05, 0) is 24.4 Å². The minimum atomic E-state index is -0.283. The molecule has 0 amide bonds. The van der Waals surface area contributed by atoms with Crippen molar-refractivity contribution >= 4 is 34.7 Å². The van der Waals surface area contributed by atoms with Crippen molar-refractivity contribution in [2.24, 2.45) is 0 Å². The Balaban J connectivity index is 2.50. The average Bonchev–Trinajstić information content (AvgIpc) is 2.72. The number of nitrogens with zero attached hydrogens (tertiary/aromatic N) is 1. The van der Waals surface area contributed by atoms with Crippen LogP contribution in [0.3, 0.4) is 0 Å². The maximum absolute atomic E-state index is 11.8. The van der Waals surface area contributed by atoms with E-state index in [2.05, 4.69) is 13.8 Å². The molecule has 0 aliphatic rings. The van der Waals surface area contributed by atoms with Crippen LogP contribution in [0.15, 0.2) is 4.79 Å². The zero-order chi connectivity index (χ0) is 15.7. The molecule has 0 saturated carbocycles. The number of hydrogen-bond donors (Lipinski definition) is 0. The van der Waals surface area contributed by atoms with E-state index in [0.717, 1.165) is 25.7 Å². The summed E-state index contributed by atoms with van der Waals surface area (Å²) in [5.74, 6) is 0. The van der Waals surface area contributed by atoms with Crippen molar-refractivity contribution < 1.29 is 9.47 Å². The van der Waals surface area contributed by atoms with Crippen LogP contribution in [0.4, 0.5) is 0 Å². The largest absolute Gasteiger partial charge is 0.353 e. The van der Waals surface area contributed by atoms with Gasteiger partial charge in [-0.3, -0.25) is 8.75 Å². The minimum absolute atomic E-state index is 0.0945. The number of rotatable bonds is 11. The van der Waals surface area contributed by atoms with E-state index >= 15 is 0 Å². The molecule has 0 fully saturated rings. The first kappa shape index (κ1) is 19.0. The monoisotopic (exact) mass is 355 g/mol. The second-order valence-corrected chi connectivity index (χ2v) is 6.76. The number of unbranched alkanes of at least 4 members (excludes halogenated alkanes) is 2. The van der Waals surface area contributed by atoms with Crippen molar-refractivity contribution in [3.8, 4) is 0 Å². The molecule has 0 radical (unpaired) electrons. The van der Waals surface area contributed by atoms with E-state index in [4.69, 9.17) is 32.7 Å². The summed E-state index contributed by atoms with van der Waals surface area (Å²) in [6, 6.07) is 0. The highest BCUT2D eigenvalue weighted by Crippen LogP contribution is 2.23. The van der Waals surface area contributed by atoms with Gasteiger partial charge in [0.25, 0.3) is 5.56 Å². The quantitative estimate of drug-likeness (QED) is 0.431. The van der Waals surface area contributed by atoms with Gasteiger partial charge in [-0.25, -0.2) is 0 Å². The van der Waals surface area contributed by atoms with Crippen LogP contribution in [-0.4, -0.2) is 23.5 Å². The molecule has 0 N–H and O–H groups in total. The van der Waals surface area contributed by atoms with Crippen molar-refractivity contribution in [3.63, 3.8) is 0 Å². The maximum Gasteiger partial charge on any atom is 0.280 e. The Morgan fingerprint density at radius 2 is 1.71 bits per heavy atom. The van der Waals surface area contributed by atoms with Crippen LogP contribution in [-0.2, 0) is 16.0 Å². The predicted molar refractivity (Wildman–Crippen MR) is 88.7 cm³/mol. The van der Waals surface area contributed by atoms with Crippen LogP contribution in [0.1, 0.15) is 46.0 Å². The van der Waals surface area contributed by atoms with Crippen molar-refractivity contribution in [1.82, 2.24) is 3.96 Å². The van der Waals surface area contributed by atoms with Crippen LogP contribution in [0, 0.1) is 0 Å². The molecule has 0 aliphatic heterocycles. The summed E-state index contributed by atoms with van der Waals surface area (Å²) in [5, 5.41) is 0.0945. The van der Waals surface area contributed by atoms with Crippen LogP contribution in [0.5, 0.6) is 0 Å². The van der Waals surface area contributed by atoms with Gasteiger partial charge in [-0.15, -0.1) is 0 Å². The van der Waals surface area contributed by atoms with Gasteiger partial charge in [0, 0.05) is 26.2 Å². The van der Waals surface area contributed by atoms with E-state index < -0.39 is 0 Å². The highest BCUT2D eigenvalue weighted by atomic mass is 35.5. The molecular weight excluding hydrogens is 333 g/mol. The first-order valence-corrected chi connectivity index (χ1v) is 8.91. The second kappa shape index (κ2) is 10.6. The minimum Gasteiger partial charge on any atom is -0.353 e. The Labute approximate surface area is 140 Å². The Kier molecular flexibility index (Phi) is 9.60. The predicted octanol–water partition coefficient (Wildman–Crippen LogP) is 4.57. The molecule has 0 aliphatic carbocycles. The molecule has 1 heterocycles. The topological polar surface area (TPSA) is 40.5 Å². The van der Waals surface area contributed by atoms with Gasteiger partial charge in [0.15, 0.2) is 6.29 Å². The van der Waals surface area contributed by atoms with Gasteiger partial charge in [-0.1, -0.05) is 49.9 Å². The summed E-state index contributed by atoms with van der Waals surface area (Å²) < 4.78 is 13.3. The van der Waals surface area contributed by atoms with Crippen LogP contribution < -0.4 is 5.56 Å². The molecule has 0 unspecified atom stereocenters. The van der Waals surface area contributed by atoms with E-state index in [1.807, 2.05) is 0 Å². The molecule has 0 spiro atoms. The summed E-state index contributed by atoms with van der Waals surface area (Å²) in [5.41, 5.74) is -0.243. The van der Waals surface area contributed by atoms with Gasteiger partial charge in [0.1, 0.15) is 9.36 Å². The summed E-state index contributed by atoms with van der Waals surface area (Å²) in [4.78, 5) is 11.8. The third-order valence-corrected chi connectivity index (χ3v) is 4.84. The third kappa shape index (κ3) is 6.70. The molecule has 0 aromatic carbocycles. The van der Waals surface area contributed by atoms with E-state index in [9.17, 15) is 4.79 Å². The molecule has 0 saturated heterocycles. The zero-order valence-corrected chi connectivity index (χ0v) is 14.9. The van der Waals surface area contributed by atoms with Crippen molar-refractivity contribution in [1.29, 1.82) is 0 Å². The van der Waals surface area contributed by atoms with E-state index in [-0.39, 0.29) is 16.9 Å². The maximum atomic E-state index is 11.8. The molecule has 122 valence electrons. The lowest BCUT2D eigenvalue weighted by molar-refractivity contribution is -0.148. The third-order valence-electron chi connectivity index (χ3n) is 2.95. The number of hydrogen-bond acceptors (Lipinski definition) is 4. The zero-order valence-electron chi connectivity index (χ0n) is 12.6. The molecule has 1 aromatic rings. The summed E-state index contributed by atoms with van der Waals surface area (Å²) >= 11 is 12.8. The second-order valence-electron chi connectivity index (χ2n) is 4.75. The van der Waals surface area contributed by atoms with Gasteiger partial charge in [-0.2, -0.15) is 0 Å². The lowest BCUT2D eigenvalue weighted by atomic mass is 10.3. The van der Waals surface area contributed by atoms with Gasteiger partial charge >= 0.3 is 0 Å². The van der Waals surface area contributed by atoms with Crippen LogP contribution in [0.2, 0.25) is 9.36 Å². The molecule has 0 bridgehead atoms. The fraction of sp³-hybridized carbons (Fsp3) is 0.786. The lowest BCUT2D eigenvalue weighted by Crippen LogP contribution is -2.23. The van der Waals surface area contributed by atoms with Gasteiger partial charge in [0.05, 0.1) is 0 Å². The molecule has 21 heavy (non-hydrogen) atoms. The Morgan fingerprint density at radius 1 is 1.14 bits per heavy atom. The van der Waals surface area contributed by atoms with Crippen molar-refractivity contribution in [2.45, 2.75) is 58.8 Å². The van der Waals surface area contributed by atoms with E-state index in [1.165, 1.54) is 11.5 Å². The average molecular weight is 356 g/mol. The Morgan fingerprint density at radius 3 is 2.14 bits per heavy atom. The number of halogens is 2. The van der Waals surface area contributed by atoms with E-state index in [1.54, 1.807) is 3.96 Å². The number of aromatic nitrogens is 1. The first-order chi connectivity index (χ1) is 10.1. The highest BCUT2D eigenvalue weighted by Gasteiger charge is 2.14. The lowest BCUT2D eigenvalue weighted by Gasteiger charge is -2.18. The smallest absolute Gasteiger partial charge is 0.280 e. The SMILES string of the molecule is CCCCOC(CCn1sc(Cl)c(Cl)c1=O)OCCCC. The Hall–Kier alpha value is -0.0700. The molecule has 1 aromatic heterocycles. The highest BCUT2D eigenvalue weighted by molar-refractivity contribution is 7.11.